The fourth-order valence-electron chi connectivity index (χ4n) is 0.585. The van der Waals surface area contributed by atoms with Crippen molar-refractivity contribution >= 4 is 16.5 Å². The predicted octanol–water partition coefficient (Wildman–Crippen LogP) is 2.53. The quantitative estimate of drug-likeness (QED) is 0.821. The van der Waals surface area contributed by atoms with Crippen LogP contribution in [0.2, 0.25) is 0 Å². The van der Waals surface area contributed by atoms with E-state index in [2.05, 4.69) is 10.2 Å². The highest BCUT2D eigenvalue weighted by Gasteiger charge is 2.36. The third-order valence-electron chi connectivity index (χ3n) is 1.11. The summed E-state index contributed by atoms with van der Waals surface area (Å²) in [7, 11) is 0. The average Bonchev–Trinajstić information content (AvgIpc) is 2.45. The molecule has 0 fully saturated rings. The summed E-state index contributed by atoms with van der Waals surface area (Å²) in [5.74, 6) is 0. The van der Waals surface area contributed by atoms with Gasteiger partial charge in [-0.2, -0.15) is 26.3 Å². The Bertz CT molecular complexity index is 328. The van der Waals surface area contributed by atoms with Crippen LogP contribution in [-0.4, -0.2) is 22.9 Å². The molecule has 1 N–H and O–H groups in total. The number of nitrogens with zero attached hydrogens (tertiary/aromatic N) is 2. The standard InChI is InChI=1S/C5H3F6N3S/c6-4(7,8)1-12-3-14-13-2(15-3)5(9,10)11/h1H2,(H,12,14). The molecule has 0 atom stereocenters. The number of anilines is 1. The van der Waals surface area contributed by atoms with Crippen molar-refractivity contribution in [3.8, 4) is 0 Å². The first-order chi connectivity index (χ1) is 6.68. The Balaban J connectivity index is 2.62. The number of halogens is 6. The molecule has 0 saturated heterocycles. The van der Waals surface area contributed by atoms with E-state index in [0.29, 0.717) is 0 Å². The number of rotatable bonds is 2. The van der Waals surface area contributed by atoms with Crippen molar-refractivity contribution in [2.75, 3.05) is 11.9 Å². The zero-order valence-electron chi connectivity index (χ0n) is 6.78. The molecule has 0 aliphatic rings. The van der Waals surface area contributed by atoms with Crippen LogP contribution in [0.15, 0.2) is 0 Å². The Morgan fingerprint density at radius 2 is 1.67 bits per heavy atom. The summed E-state index contributed by atoms with van der Waals surface area (Å²) in [6, 6.07) is 0. The molecule has 0 amide bonds. The van der Waals surface area contributed by atoms with E-state index in [9.17, 15) is 26.3 Å². The van der Waals surface area contributed by atoms with Crippen LogP contribution in [0, 0.1) is 0 Å². The van der Waals surface area contributed by atoms with Crippen LogP contribution in [0.5, 0.6) is 0 Å². The summed E-state index contributed by atoms with van der Waals surface area (Å²) in [5.41, 5.74) is 0. The molecule has 1 rings (SSSR count). The second kappa shape index (κ2) is 3.83. The molecule has 0 saturated carbocycles. The molecule has 0 aromatic carbocycles. The van der Waals surface area contributed by atoms with Gasteiger partial charge in [-0.3, -0.25) is 0 Å². The van der Waals surface area contributed by atoms with Gasteiger partial charge in [0.25, 0.3) is 0 Å². The summed E-state index contributed by atoms with van der Waals surface area (Å²) < 4.78 is 70.8. The molecule has 0 unspecified atom stereocenters. The number of hydrogen-bond acceptors (Lipinski definition) is 4. The molecule has 0 aliphatic heterocycles. The lowest BCUT2D eigenvalue weighted by Crippen LogP contribution is -2.21. The molecule has 86 valence electrons. The molecule has 15 heavy (non-hydrogen) atoms. The highest BCUT2D eigenvalue weighted by atomic mass is 32.1. The Hall–Kier alpha value is -1.06. The van der Waals surface area contributed by atoms with Crippen molar-refractivity contribution in [2.24, 2.45) is 0 Å². The Kier molecular flexibility index (Phi) is 3.07. The minimum absolute atomic E-state index is 0.0222. The van der Waals surface area contributed by atoms with Crippen LogP contribution in [0.4, 0.5) is 31.5 Å². The molecule has 10 heteroatoms. The van der Waals surface area contributed by atoms with Crippen molar-refractivity contribution in [1.29, 1.82) is 0 Å². The van der Waals surface area contributed by atoms with Crippen molar-refractivity contribution in [3.05, 3.63) is 5.01 Å². The summed E-state index contributed by atoms with van der Waals surface area (Å²) in [4.78, 5) is 0. The summed E-state index contributed by atoms with van der Waals surface area (Å²) in [6.45, 7) is -1.44. The fourth-order valence-corrected chi connectivity index (χ4v) is 1.19. The molecule has 1 heterocycles. The SMILES string of the molecule is FC(F)(F)CNc1nnc(C(F)(F)F)s1. The first-order valence-electron chi connectivity index (χ1n) is 3.40. The largest absolute Gasteiger partial charge is 0.445 e. The van der Waals surface area contributed by atoms with E-state index in [-0.39, 0.29) is 11.3 Å². The maximum atomic E-state index is 11.9. The Morgan fingerprint density at radius 1 is 1.07 bits per heavy atom. The zero-order valence-corrected chi connectivity index (χ0v) is 7.59. The van der Waals surface area contributed by atoms with Crippen LogP contribution in [-0.2, 0) is 6.18 Å². The molecular formula is C5H3F6N3S. The smallest absolute Gasteiger partial charge is 0.351 e. The van der Waals surface area contributed by atoms with Gasteiger partial charge in [-0.25, -0.2) is 0 Å². The maximum Gasteiger partial charge on any atom is 0.445 e. The maximum absolute atomic E-state index is 11.9. The van der Waals surface area contributed by atoms with Gasteiger partial charge >= 0.3 is 12.4 Å². The molecule has 0 bridgehead atoms. The third-order valence-corrected chi connectivity index (χ3v) is 2.03. The van der Waals surface area contributed by atoms with Gasteiger partial charge in [0, 0.05) is 0 Å². The second-order valence-electron chi connectivity index (χ2n) is 2.38. The zero-order chi connectivity index (χ0) is 11.7. The van der Waals surface area contributed by atoms with Crippen LogP contribution in [0.1, 0.15) is 5.01 Å². The fraction of sp³-hybridized carbons (Fsp3) is 0.600. The van der Waals surface area contributed by atoms with E-state index in [4.69, 9.17) is 0 Å². The van der Waals surface area contributed by atoms with Crippen LogP contribution < -0.4 is 5.32 Å². The Labute approximate surface area is 83.1 Å². The van der Waals surface area contributed by atoms with E-state index in [1.807, 2.05) is 0 Å². The summed E-state index contributed by atoms with van der Waals surface area (Å²) in [6.07, 6.45) is -9.19. The van der Waals surface area contributed by atoms with Gasteiger partial charge in [-0.15, -0.1) is 10.2 Å². The van der Waals surface area contributed by atoms with Crippen LogP contribution >= 0.6 is 11.3 Å². The van der Waals surface area contributed by atoms with Gasteiger partial charge in [-0.1, -0.05) is 11.3 Å². The van der Waals surface area contributed by atoms with Crippen molar-refractivity contribution in [3.63, 3.8) is 0 Å². The van der Waals surface area contributed by atoms with Gasteiger partial charge in [0.15, 0.2) is 0 Å². The van der Waals surface area contributed by atoms with E-state index >= 15 is 0 Å². The van der Waals surface area contributed by atoms with Gasteiger partial charge < -0.3 is 5.32 Å². The Morgan fingerprint density at radius 3 is 2.07 bits per heavy atom. The first kappa shape index (κ1) is 12.0. The number of alkyl halides is 6. The van der Waals surface area contributed by atoms with E-state index < -0.39 is 29.0 Å². The minimum Gasteiger partial charge on any atom is -0.351 e. The lowest BCUT2D eigenvalue weighted by molar-refractivity contribution is -0.138. The average molecular weight is 251 g/mol. The summed E-state index contributed by atoms with van der Waals surface area (Å²) >= 11 is 0.0222. The van der Waals surface area contributed by atoms with Crippen molar-refractivity contribution in [2.45, 2.75) is 12.4 Å². The van der Waals surface area contributed by atoms with Gasteiger partial charge in [0.05, 0.1) is 0 Å². The molecule has 1 aromatic heterocycles. The summed E-state index contributed by atoms with van der Waals surface area (Å²) in [5, 5.41) is 5.52. The van der Waals surface area contributed by atoms with Gasteiger partial charge in [0.1, 0.15) is 6.54 Å². The lowest BCUT2D eigenvalue weighted by atomic mass is 10.6. The van der Waals surface area contributed by atoms with E-state index in [0.717, 1.165) is 0 Å². The molecular weight excluding hydrogens is 248 g/mol. The molecule has 3 nitrogen and oxygen atoms in total. The van der Waals surface area contributed by atoms with Gasteiger partial charge in [0.2, 0.25) is 10.1 Å². The van der Waals surface area contributed by atoms with Crippen molar-refractivity contribution in [1.82, 2.24) is 10.2 Å². The topological polar surface area (TPSA) is 37.8 Å². The van der Waals surface area contributed by atoms with Crippen LogP contribution in [0.3, 0.4) is 0 Å². The van der Waals surface area contributed by atoms with Crippen molar-refractivity contribution < 1.29 is 26.3 Å². The monoisotopic (exact) mass is 251 g/mol. The minimum atomic E-state index is -4.68. The van der Waals surface area contributed by atoms with E-state index in [1.165, 1.54) is 0 Å². The molecule has 0 spiro atoms. The van der Waals surface area contributed by atoms with Crippen LogP contribution in [0.25, 0.3) is 0 Å². The molecule has 1 aromatic rings. The van der Waals surface area contributed by atoms with E-state index in [1.54, 1.807) is 5.32 Å². The second-order valence-corrected chi connectivity index (χ2v) is 3.36. The third kappa shape index (κ3) is 3.90. The predicted molar refractivity (Wildman–Crippen MR) is 39.5 cm³/mol. The van der Waals surface area contributed by atoms with Gasteiger partial charge in [-0.05, 0) is 0 Å². The molecule has 0 radical (unpaired) electrons. The lowest BCUT2D eigenvalue weighted by Gasteiger charge is -2.05. The number of hydrogen-bond donors (Lipinski definition) is 1. The number of aromatic nitrogens is 2. The normalized spacial score (nSPS) is 12.9. The molecule has 0 aliphatic carbocycles. The first-order valence-corrected chi connectivity index (χ1v) is 4.21. The number of nitrogens with one attached hydrogen (secondary N) is 1. The highest BCUT2D eigenvalue weighted by Crippen LogP contribution is 2.33. The highest BCUT2D eigenvalue weighted by molar-refractivity contribution is 7.15.